The van der Waals surface area contributed by atoms with Crippen molar-refractivity contribution in [3.05, 3.63) is 50.9 Å². The molecule has 0 spiro atoms. The molecule has 3 heterocycles. The van der Waals surface area contributed by atoms with Crippen LogP contribution < -0.4 is 5.32 Å². The summed E-state index contributed by atoms with van der Waals surface area (Å²) in [6.45, 7) is 0.579. The predicted molar refractivity (Wildman–Crippen MR) is 91.3 cm³/mol. The van der Waals surface area contributed by atoms with Crippen LogP contribution in [0.15, 0.2) is 40.3 Å². The summed E-state index contributed by atoms with van der Waals surface area (Å²) in [6.07, 6.45) is 1.79. The lowest BCUT2D eigenvalue weighted by atomic mass is 10.0. The number of hydrogen-bond acceptors (Lipinski definition) is 4. The maximum absolute atomic E-state index is 9.32. The quantitative estimate of drug-likeness (QED) is 0.794. The van der Waals surface area contributed by atoms with E-state index in [-0.39, 0.29) is 18.7 Å². The summed E-state index contributed by atoms with van der Waals surface area (Å²) < 4.78 is 1.06. The Hall–Kier alpha value is -1.02. The van der Waals surface area contributed by atoms with E-state index in [0.717, 1.165) is 10.2 Å². The molecule has 4 nitrogen and oxygen atoms in total. The first-order valence-electron chi connectivity index (χ1n) is 6.53. The van der Waals surface area contributed by atoms with Crippen LogP contribution >= 0.6 is 39.5 Å². The van der Waals surface area contributed by atoms with E-state index < -0.39 is 0 Å². The van der Waals surface area contributed by atoms with Gasteiger partial charge in [0.05, 0.1) is 24.4 Å². The van der Waals surface area contributed by atoms with Crippen LogP contribution in [-0.2, 0) is 0 Å². The van der Waals surface area contributed by atoms with Gasteiger partial charge in [-0.15, -0.1) is 11.3 Å². The highest BCUT2D eigenvalue weighted by atomic mass is 79.9. The summed E-state index contributed by atoms with van der Waals surface area (Å²) >= 11 is 10.6. The van der Waals surface area contributed by atoms with Crippen molar-refractivity contribution in [1.82, 2.24) is 15.2 Å². The second-order valence-corrected chi connectivity index (χ2v) is 6.96. The van der Waals surface area contributed by atoms with Crippen molar-refractivity contribution >= 4 is 44.6 Å². The Labute approximate surface area is 140 Å². The van der Waals surface area contributed by atoms with Gasteiger partial charge in [0, 0.05) is 27.5 Å². The number of β-amino-alcohol motifs (C(OH)–C–C–N with tert-alkyl or cyclic N) is 1. The zero-order chi connectivity index (χ0) is 14.8. The van der Waals surface area contributed by atoms with Gasteiger partial charge in [-0.25, -0.2) is 0 Å². The first-order chi connectivity index (χ1) is 10.2. The monoisotopic (exact) mass is 383 g/mol. The summed E-state index contributed by atoms with van der Waals surface area (Å²) in [5.74, 6) is 0. The van der Waals surface area contributed by atoms with Crippen molar-refractivity contribution in [2.24, 2.45) is 0 Å². The molecule has 110 valence electrons. The molecule has 0 unspecified atom stereocenters. The van der Waals surface area contributed by atoms with E-state index in [1.807, 2.05) is 23.1 Å². The highest BCUT2D eigenvalue weighted by molar-refractivity contribution is 9.10. The van der Waals surface area contributed by atoms with E-state index in [1.165, 1.54) is 4.88 Å². The lowest BCUT2D eigenvalue weighted by molar-refractivity contribution is 0.224. The second kappa shape index (κ2) is 6.39. The van der Waals surface area contributed by atoms with Gasteiger partial charge in [0.15, 0.2) is 5.11 Å². The molecule has 0 bridgehead atoms. The molecule has 1 aliphatic heterocycles. The SMILES string of the molecule is OCCN1C(=S)N[C@H](c2ccccn2)[C@H]1c1cc(Br)cs1. The molecule has 0 aliphatic carbocycles. The number of thiophene rings is 1. The molecule has 0 saturated carbocycles. The predicted octanol–water partition coefficient (Wildman–Crippen LogP) is 2.87. The summed E-state index contributed by atoms with van der Waals surface area (Å²) in [5.41, 5.74) is 0.954. The van der Waals surface area contributed by atoms with E-state index in [9.17, 15) is 5.11 Å². The van der Waals surface area contributed by atoms with E-state index in [2.05, 4.69) is 37.7 Å². The van der Waals surface area contributed by atoms with Gasteiger partial charge >= 0.3 is 0 Å². The topological polar surface area (TPSA) is 48.4 Å². The van der Waals surface area contributed by atoms with Crippen LogP contribution in [0.4, 0.5) is 0 Å². The summed E-state index contributed by atoms with van der Waals surface area (Å²) in [4.78, 5) is 7.68. The Morgan fingerprint density at radius 3 is 2.95 bits per heavy atom. The standard InChI is InChI=1S/C14H14BrN3OS2/c15-9-7-11(21-8-9)13-12(10-3-1-2-4-16-10)17-14(20)18(13)5-6-19/h1-4,7-8,12-13,19H,5-6H2,(H,17,20)/t12-,13-/m1/s1. The Kier molecular flexibility index (Phi) is 4.54. The van der Waals surface area contributed by atoms with Crippen molar-refractivity contribution < 1.29 is 5.11 Å². The first kappa shape index (κ1) is 14.9. The largest absolute Gasteiger partial charge is 0.395 e. The van der Waals surface area contributed by atoms with E-state index in [0.29, 0.717) is 11.7 Å². The zero-order valence-electron chi connectivity index (χ0n) is 11.1. The molecule has 1 fully saturated rings. The summed E-state index contributed by atoms with van der Waals surface area (Å²) in [7, 11) is 0. The van der Waals surface area contributed by atoms with Gasteiger partial charge in [-0.2, -0.15) is 0 Å². The minimum absolute atomic E-state index is 0.00389. The first-order valence-corrected chi connectivity index (χ1v) is 8.61. The van der Waals surface area contributed by atoms with Crippen LogP contribution in [-0.4, -0.2) is 33.3 Å². The third-order valence-electron chi connectivity index (χ3n) is 3.42. The molecule has 21 heavy (non-hydrogen) atoms. The number of hydrogen-bond donors (Lipinski definition) is 2. The average molecular weight is 384 g/mol. The van der Waals surface area contributed by atoms with Crippen LogP contribution in [0.25, 0.3) is 0 Å². The Bertz CT molecular complexity index is 634. The molecular weight excluding hydrogens is 370 g/mol. The van der Waals surface area contributed by atoms with Crippen molar-refractivity contribution in [3.8, 4) is 0 Å². The normalized spacial score (nSPS) is 21.6. The Morgan fingerprint density at radius 2 is 2.33 bits per heavy atom. The number of pyridine rings is 1. The average Bonchev–Trinajstić information content (AvgIpc) is 3.05. The van der Waals surface area contributed by atoms with Gasteiger partial charge in [0.1, 0.15) is 0 Å². The zero-order valence-corrected chi connectivity index (χ0v) is 14.3. The third-order valence-corrected chi connectivity index (χ3v) is 5.53. The smallest absolute Gasteiger partial charge is 0.170 e. The molecule has 0 aromatic carbocycles. The molecular formula is C14H14BrN3OS2. The number of nitrogens with zero attached hydrogens (tertiary/aromatic N) is 2. The summed E-state index contributed by atoms with van der Waals surface area (Å²) in [6, 6.07) is 8.03. The minimum atomic E-state index is -0.00389. The van der Waals surface area contributed by atoms with Gasteiger partial charge in [-0.1, -0.05) is 6.07 Å². The van der Waals surface area contributed by atoms with Crippen molar-refractivity contribution in [3.63, 3.8) is 0 Å². The maximum Gasteiger partial charge on any atom is 0.170 e. The van der Waals surface area contributed by atoms with Crippen LogP contribution in [0.5, 0.6) is 0 Å². The van der Waals surface area contributed by atoms with Gasteiger partial charge < -0.3 is 15.3 Å². The number of rotatable bonds is 4. The molecule has 2 aromatic rings. The molecule has 1 saturated heterocycles. The fourth-order valence-electron chi connectivity index (χ4n) is 2.55. The van der Waals surface area contributed by atoms with Crippen LogP contribution in [0.3, 0.4) is 0 Å². The Balaban J connectivity index is 2.00. The third kappa shape index (κ3) is 2.96. The molecule has 7 heteroatoms. The molecule has 3 rings (SSSR count). The molecule has 2 N–H and O–H groups in total. The van der Waals surface area contributed by atoms with E-state index in [4.69, 9.17) is 12.2 Å². The lowest BCUT2D eigenvalue weighted by Crippen LogP contribution is -2.31. The molecule has 0 amide bonds. The highest BCUT2D eigenvalue weighted by Gasteiger charge is 2.40. The van der Waals surface area contributed by atoms with Crippen LogP contribution in [0, 0.1) is 0 Å². The van der Waals surface area contributed by atoms with Crippen LogP contribution in [0.2, 0.25) is 0 Å². The molecule has 1 aliphatic rings. The number of aliphatic hydroxyl groups is 1. The fraction of sp³-hybridized carbons (Fsp3) is 0.286. The fourth-order valence-corrected chi connectivity index (χ4v) is 4.47. The second-order valence-electron chi connectivity index (χ2n) is 4.71. The number of nitrogens with one attached hydrogen (secondary N) is 1. The molecule has 0 radical (unpaired) electrons. The number of aromatic nitrogens is 1. The van der Waals surface area contributed by atoms with Crippen LogP contribution in [0.1, 0.15) is 22.7 Å². The lowest BCUT2D eigenvalue weighted by Gasteiger charge is -2.25. The minimum Gasteiger partial charge on any atom is -0.395 e. The van der Waals surface area contributed by atoms with Crippen molar-refractivity contribution in [2.45, 2.75) is 12.1 Å². The number of halogens is 1. The van der Waals surface area contributed by atoms with Crippen molar-refractivity contribution in [1.29, 1.82) is 0 Å². The highest BCUT2D eigenvalue weighted by Crippen LogP contribution is 2.41. The molecule has 2 aromatic heterocycles. The summed E-state index contributed by atoms with van der Waals surface area (Å²) in [5, 5.41) is 15.4. The van der Waals surface area contributed by atoms with E-state index in [1.54, 1.807) is 17.5 Å². The number of aliphatic hydroxyl groups excluding tert-OH is 1. The molecule has 2 atom stereocenters. The maximum atomic E-state index is 9.32. The van der Waals surface area contributed by atoms with Gasteiger partial charge in [-0.05, 0) is 46.3 Å². The number of thiocarbonyl (C=S) groups is 1. The van der Waals surface area contributed by atoms with E-state index >= 15 is 0 Å². The van der Waals surface area contributed by atoms with Gasteiger partial charge in [-0.3, -0.25) is 4.98 Å². The van der Waals surface area contributed by atoms with Gasteiger partial charge in [0.25, 0.3) is 0 Å². The van der Waals surface area contributed by atoms with Gasteiger partial charge in [0.2, 0.25) is 0 Å². The Morgan fingerprint density at radius 1 is 1.48 bits per heavy atom. The van der Waals surface area contributed by atoms with Crippen molar-refractivity contribution in [2.75, 3.05) is 13.2 Å².